The lowest BCUT2D eigenvalue weighted by Gasteiger charge is -2.02. The smallest absolute Gasteiger partial charge is 0.305 e. The van der Waals surface area contributed by atoms with E-state index >= 15 is 0 Å². The lowest BCUT2D eigenvalue weighted by Crippen LogP contribution is -2.40. The first-order valence-corrected chi connectivity index (χ1v) is 6.24. The van der Waals surface area contributed by atoms with Crippen LogP contribution >= 0.6 is 23.2 Å². The standard InChI is InChI=1S/C11H10Cl2N4O3/c1-6(18)15-16-11(19)8-3-2-7(20-8)4-17-5-14-9(12)10(17)13/h2-3,5H,4H2,1H3,(H,15,18)(H,16,19). The number of furan rings is 1. The highest BCUT2D eigenvalue weighted by molar-refractivity contribution is 6.40. The Morgan fingerprint density at radius 2 is 2.10 bits per heavy atom. The zero-order chi connectivity index (χ0) is 14.7. The molecule has 0 aromatic carbocycles. The highest BCUT2D eigenvalue weighted by atomic mass is 35.5. The fraction of sp³-hybridized carbons (Fsp3) is 0.182. The van der Waals surface area contributed by atoms with Gasteiger partial charge in [-0.3, -0.25) is 20.4 Å². The van der Waals surface area contributed by atoms with E-state index in [1.807, 2.05) is 0 Å². The Hall–Kier alpha value is -1.99. The van der Waals surface area contributed by atoms with Crippen molar-refractivity contribution in [2.24, 2.45) is 0 Å². The number of hydrogen-bond acceptors (Lipinski definition) is 4. The molecule has 0 aliphatic heterocycles. The molecule has 7 nitrogen and oxygen atoms in total. The number of carbonyl (C=O) groups is 2. The molecule has 0 saturated heterocycles. The maximum atomic E-state index is 11.6. The summed E-state index contributed by atoms with van der Waals surface area (Å²) in [5.74, 6) is -0.379. The van der Waals surface area contributed by atoms with Gasteiger partial charge in [-0.05, 0) is 12.1 Å². The number of imidazole rings is 1. The van der Waals surface area contributed by atoms with E-state index in [1.54, 1.807) is 10.6 Å². The van der Waals surface area contributed by atoms with Gasteiger partial charge in [0.15, 0.2) is 10.9 Å². The fourth-order valence-electron chi connectivity index (χ4n) is 1.41. The Morgan fingerprint density at radius 1 is 1.35 bits per heavy atom. The summed E-state index contributed by atoms with van der Waals surface area (Å²) in [4.78, 5) is 26.1. The fourth-order valence-corrected chi connectivity index (χ4v) is 1.72. The van der Waals surface area contributed by atoms with E-state index in [0.29, 0.717) is 5.76 Å². The van der Waals surface area contributed by atoms with E-state index in [-0.39, 0.29) is 28.5 Å². The molecule has 9 heteroatoms. The zero-order valence-electron chi connectivity index (χ0n) is 10.3. The average Bonchev–Trinajstić information content (AvgIpc) is 2.98. The van der Waals surface area contributed by atoms with E-state index in [9.17, 15) is 9.59 Å². The number of carbonyl (C=O) groups excluding carboxylic acids is 2. The van der Waals surface area contributed by atoms with Gasteiger partial charge in [-0.1, -0.05) is 23.2 Å². The van der Waals surface area contributed by atoms with E-state index in [4.69, 9.17) is 27.6 Å². The molecule has 2 aromatic heterocycles. The van der Waals surface area contributed by atoms with Gasteiger partial charge < -0.3 is 8.98 Å². The maximum absolute atomic E-state index is 11.6. The van der Waals surface area contributed by atoms with Crippen molar-refractivity contribution >= 4 is 35.0 Å². The summed E-state index contributed by atoms with van der Waals surface area (Å²) in [6, 6.07) is 3.10. The van der Waals surface area contributed by atoms with Crippen LogP contribution in [0, 0.1) is 0 Å². The van der Waals surface area contributed by atoms with Crippen molar-refractivity contribution in [2.45, 2.75) is 13.5 Å². The lowest BCUT2D eigenvalue weighted by atomic mass is 10.4. The molecule has 2 aromatic rings. The second-order valence-electron chi connectivity index (χ2n) is 3.86. The largest absolute Gasteiger partial charge is 0.454 e. The maximum Gasteiger partial charge on any atom is 0.305 e. The topological polar surface area (TPSA) is 89.2 Å². The third-order valence-corrected chi connectivity index (χ3v) is 3.07. The van der Waals surface area contributed by atoms with Crippen molar-refractivity contribution in [3.63, 3.8) is 0 Å². The minimum atomic E-state index is -0.554. The van der Waals surface area contributed by atoms with Crippen LogP contribution in [0.4, 0.5) is 0 Å². The van der Waals surface area contributed by atoms with Crippen LogP contribution in [0.15, 0.2) is 22.9 Å². The van der Waals surface area contributed by atoms with Gasteiger partial charge in [0.2, 0.25) is 5.91 Å². The monoisotopic (exact) mass is 316 g/mol. The molecule has 0 atom stereocenters. The van der Waals surface area contributed by atoms with Crippen molar-refractivity contribution < 1.29 is 14.0 Å². The number of rotatable bonds is 3. The molecule has 0 radical (unpaired) electrons. The molecule has 0 fully saturated rings. The van der Waals surface area contributed by atoms with Crippen LogP contribution in [0.2, 0.25) is 10.3 Å². The van der Waals surface area contributed by atoms with Gasteiger partial charge in [-0.2, -0.15) is 0 Å². The molecule has 2 N–H and O–H groups in total. The van der Waals surface area contributed by atoms with E-state index in [1.165, 1.54) is 19.3 Å². The lowest BCUT2D eigenvalue weighted by molar-refractivity contribution is -0.119. The number of hydrazine groups is 1. The molecule has 106 valence electrons. The third kappa shape index (κ3) is 3.31. The molecule has 0 unspecified atom stereocenters. The van der Waals surface area contributed by atoms with Gasteiger partial charge in [-0.15, -0.1) is 0 Å². The molecular formula is C11H10Cl2N4O3. The van der Waals surface area contributed by atoms with E-state index < -0.39 is 5.91 Å². The van der Waals surface area contributed by atoms with Crippen molar-refractivity contribution in [1.82, 2.24) is 20.4 Å². The van der Waals surface area contributed by atoms with Gasteiger partial charge in [0.25, 0.3) is 0 Å². The average molecular weight is 317 g/mol. The summed E-state index contributed by atoms with van der Waals surface area (Å²) in [6.07, 6.45) is 1.46. The number of nitrogens with one attached hydrogen (secondary N) is 2. The summed E-state index contributed by atoms with van der Waals surface area (Å²) in [7, 11) is 0. The summed E-state index contributed by atoms with van der Waals surface area (Å²) in [5.41, 5.74) is 4.36. The molecule has 0 saturated carbocycles. The van der Waals surface area contributed by atoms with Crippen molar-refractivity contribution in [1.29, 1.82) is 0 Å². The number of halogens is 2. The Labute approximate surface area is 123 Å². The highest BCUT2D eigenvalue weighted by Gasteiger charge is 2.13. The Balaban J connectivity index is 2.03. The quantitative estimate of drug-likeness (QED) is 0.842. The number of nitrogens with zero attached hydrogens (tertiary/aromatic N) is 2. The molecule has 2 amide bonds. The van der Waals surface area contributed by atoms with E-state index in [0.717, 1.165) is 0 Å². The van der Waals surface area contributed by atoms with Gasteiger partial charge in [0, 0.05) is 6.92 Å². The number of amides is 2. The summed E-state index contributed by atoms with van der Waals surface area (Å²) >= 11 is 11.6. The van der Waals surface area contributed by atoms with Crippen molar-refractivity contribution in [3.05, 3.63) is 40.3 Å². The SMILES string of the molecule is CC(=O)NNC(=O)c1ccc(Cn2cnc(Cl)c2Cl)o1. The van der Waals surface area contributed by atoms with E-state index in [2.05, 4.69) is 15.8 Å². The van der Waals surface area contributed by atoms with Crippen LogP contribution in [-0.2, 0) is 11.3 Å². The van der Waals surface area contributed by atoms with Gasteiger partial charge in [0.1, 0.15) is 10.9 Å². The molecule has 0 aliphatic carbocycles. The highest BCUT2D eigenvalue weighted by Crippen LogP contribution is 2.21. The first-order chi connectivity index (χ1) is 9.47. The van der Waals surface area contributed by atoms with Gasteiger partial charge in [0.05, 0.1) is 12.9 Å². The first-order valence-electron chi connectivity index (χ1n) is 5.49. The minimum Gasteiger partial charge on any atom is -0.454 e. The predicted molar refractivity (Wildman–Crippen MR) is 71.3 cm³/mol. The number of aromatic nitrogens is 2. The Morgan fingerprint density at radius 3 is 2.70 bits per heavy atom. The second kappa shape index (κ2) is 5.98. The summed E-state index contributed by atoms with van der Waals surface area (Å²) < 4.78 is 6.90. The molecule has 20 heavy (non-hydrogen) atoms. The molecule has 0 aliphatic rings. The van der Waals surface area contributed by atoms with Gasteiger partial charge >= 0.3 is 5.91 Å². The Bertz CT molecular complexity index is 650. The molecule has 0 spiro atoms. The predicted octanol–water partition coefficient (Wildman–Crippen LogP) is 1.61. The Kier molecular flexibility index (Phi) is 4.31. The van der Waals surface area contributed by atoms with Crippen LogP contribution in [0.3, 0.4) is 0 Å². The molecule has 0 bridgehead atoms. The van der Waals surface area contributed by atoms with Crippen LogP contribution < -0.4 is 10.9 Å². The molecular weight excluding hydrogens is 307 g/mol. The number of hydrogen-bond donors (Lipinski definition) is 2. The normalized spacial score (nSPS) is 10.3. The summed E-state index contributed by atoms with van der Waals surface area (Å²) in [6.45, 7) is 1.56. The molecule has 2 rings (SSSR count). The second-order valence-corrected chi connectivity index (χ2v) is 4.57. The van der Waals surface area contributed by atoms with Crippen LogP contribution in [0.25, 0.3) is 0 Å². The van der Waals surface area contributed by atoms with Crippen LogP contribution in [0.1, 0.15) is 23.2 Å². The molecule has 2 heterocycles. The van der Waals surface area contributed by atoms with Crippen molar-refractivity contribution in [2.75, 3.05) is 0 Å². The van der Waals surface area contributed by atoms with Crippen molar-refractivity contribution in [3.8, 4) is 0 Å². The first kappa shape index (κ1) is 14.4. The zero-order valence-corrected chi connectivity index (χ0v) is 11.8. The third-order valence-electron chi connectivity index (χ3n) is 2.30. The summed E-state index contributed by atoms with van der Waals surface area (Å²) in [5, 5.41) is 0.481. The van der Waals surface area contributed by atoms with Crippen LogP contribution in [0.5, 0.6) is 0 Å². The van der Waals surface area contributed by atoms with Gasteiger partial charge in [-0.25, -0.2) is 4.98 Å². The van der Waals surface area contributed by atoms with Crippen LogP contribution in [-0.4, -0.2) is 21.4 Å². The minimum absolute atomic E-state index is 0.0658.